The van der Waals surface area contributed by atoms with Crippen molar-refractivity contribution in [2.75, 3.05) is 34.8 Å². The van der Waals surface area contributed by atoms with E-state index in [0.29, 0.717) is 11.6 Å². The minimum atomic E-state index is -0.271. The van der Waals surface area contributed by atoms with Crippen LogP contribution in [0.15, 0.2) is 23.2 Å². The minimum Gasteiger partial charge on any atom is -0.481 e. The van der Waals surface area contributed by atoms with E-state index in [1.165, 1.54) is 5.57 Å². The highest BCUT2D eigenvalue weighted by Gasteiger charge is 2.35. The molecule has 1 aliphatic rings. The summed E-state index contributed by atoms with van der Waals surface area (Å²) >= 11 is 0. The number of allylic oxidation sites excluding steroid dienone is 1. The van der Waals surface area contributed by atoms with Crippen LogP contribution in [0, 0.1) is 0 Å². The number of nitrogens with zero attached hydrogens (tertiary/aromatic N) is 1. The molecule has 0 aromatic rings. The van der Waals surface area contributed by atoms with Crippen molar-refractivity contribution in [1.82, 2.24) is 15.5 Å². The van der Waals surface area contributed by atoms with Crippen LogP contribution in [0.3, 0.4) is 0 Å². The van der Waals surface area contributed by atoms with Crippen LogP contribution in [-0.4, -0.2) is 45.4 Å². The maximum absolute atomic E-state index is 5.96. The third-order valence-electron chi connectivity index (χ3n) is 3.41. The summed E-state index contributed by atoms with van der Waals surface area (Å²) in [6, 6.07) is 0. The van der Waals surface area contributed by atoms with Crippen LogP contribution in [0.5, 0.6) is 0 Å². The molecular weight excluding hydrogens is 228 g/mol. The fourth-order valence-electron chi connectivity index (χ4n) is 2.26. The number of hydrogen-bond donors (Lipinski definition) is 3. The Morgan fingerprint density at radius 3 is 2.61 bits per heavy atom. The molecule has 1 atom stereocenters. The average Bonchev–Trinajstić information content (AvgIpc) is 2.37. The van der Waals surface area contributed by atoms with E-state index in [-0.39, 0.29) is 5.66 Å². The number of ether oxygens (including phenoxy) is 1. The van der Waals surface area contributed by atoms with Gasteiger partial charge in [0.2, 0.25) is 5.88 Å². The standard InChI is InChI=1S/C13H26N4O/c1-6-10-9-11(14)12(18-5)16-13(10,15-2)7-8-17(3)4/h9,15-16H,6-8,14H2,1-5H3. The Labute approximate surface area is 110 Å². The minimum absolute atomic E-state index is 0.271. The quantitative estimate of drug-likeness (QED) is 0.647. The average molecular weight is 254 g/mol. The van der Waals surface area contributed by atoms with Gasteiger partial charge in [0.1, 0.15) is 5.66 Å². The maximum Gasteiger partial charge on any atom is 0.212 e. The lowest BCUT2D eigenvalue weighted by Crippen LogP contribution is -2.59. The van der Waals surface area contributed by atoms with Gasteiger partial charge in [0.15, 0.2) is 0 Å². The molecule has 0 aromatic carbocycles. The molecule has 0 aliphatic carbocycles. The van der Waals surface area contributed by atoms with E-state index in [2.05, 4.69) is 36.6 Å². The predicted octanol–water partition coefficient (Wildman–Crippen LogP) is 0.568. The summed E-state index contributed by atoms with van der Waals surface area (Å²) in [5, 5.41) is 6.78. The van der Waals surface area contributed by atoms with Gasteiger partial charge in [-0.15, -0.1) is 0 Å². The first-order valence-corrected chi connectivity index (χ1v) is 6.35. The highest BCUT2D eigenvalue weighted by atomic mass is 16.5. The van der Waals surface area contributed by atoms with Gasteiger partial charge in [-0.25, -0.2) is 0 Å². The molecule has 1 rings (SSSR count). The Hall–Kier alpha value is -1.20. The highest BCUT2D eigenvalue weighted by molar-refractivity contribution is 5.35. The fourth-order valence-corrected chi connectivity index (χ4v) is 2.26. The van der Waals surface area contributed by atoms with Gasteiger partial charge in [-0.1, -0.05) is 6.92 Å². The first kappa shape index (κ1) is 14.9. The van der Waals surface area contributed by atoms with Gasteiger partial charge < -0.3 is 20.7 Å². The molecule has 0 aromatic heterocycles. The Balaban J connectivity index is 3.00. The maximum atomic E-state index is 5.96. The van der Waals surface area contributed by atoms with Crippen molar-refractivity contribution in [2.45, 2.75) is 25.4 Å². The summed E-state index contributed by atoms with van der Waals surface area (Å²) in [6.45, 7) is 3.11. The molecule has 0 radical (unpaired) electrons. The van der Waals surface area contributed by atoms with Crippen LogP contribution < -0.4 is 16.4 Å². The van der Waals surface area contributed by atoms with Gasteiger partial charge in [-0.3, -0.25) is 5.32 Å². The third-order valence-corrected chi connectivity index (χ3v) is 3.41. The van der Waals surface area contributed by atoms with Crippen molar-refractivity contribution in [3.63, 3.8) is 0 Å². The first-order chi connectivity index (χ1) is 8.49. The Morgan fingerprint density at radius 1 is 1.50 bits per heavy atom. The smallest absolute Gasteiger partial charge is 0.212 e. The second kappa shape index (κ2) is 6.11. The third kappa shape index (κ3) is 2.97. The van der Waals surface area contributed by atoms with E-state index in [1.807, 2.05) is 13.1 Å². The van der Waals surface area contributed by atoms with Crippen LogP contribution in [0.25, 0.3) is 0 Å². The van der Waals surface area contributed by atoms with Gasteiger partial charge in [-0.05, 0) is 39.2 Å². The number of methoxy groups -OCH3 is 1. The Bertz CT molecular complexity index is 349. The number of likely N-dealkylation sites (N-methyl/N-ethyl adjacent to an activating group) is 1. The summed E-state index contributed by atoms with van der Waals surface area (Å²) in [7, 11) is 7.74. The normalized spacial score (nSPS) is 24.0. The summed E-state index contributed by atoms with van der Waals surface area (Å²) in [4.78, 5) is 2.17. The van der Waals surface area contributed by atoms with Gasteiger partial charge in [0.05, 0.1) is 12.8 Å². The van der Waals surface area contributed by atoms with Crippen molar-refractivity contribution in [2.24, 2.45) is 5.73 Å². The monoisotopic (exact) mass is 254 g/mol. The molecule has 0 amide bonds. The lowest BCUT2D eigenvalue weighted by molar-refractivity contribution is 0.187. The first-order valence-electron chi connectivity index (χ1n) is 6.35. The number of dihydropyridines is 1. The lowest BCUT2D eigenvalue weighted by Gasteiger charge is -2.41. The molecule has 1 unspecified atom stereocenters. The molecule has 1 aliphatic heterocycles. The summed E-state index contributed by atoms with van der Waals surface area (Å²) in [5.74, 6) is 0.639. The van der Waals surface area contributed by atoms with E-state index >= 15 is 0 Å². The second-order valence-corrected chi connectivity index (χ2v) is 4.85. The number of nitrogens with two attached hydrogens (primary N) is 1. The molecule has 104 valence electrons. The molecule has 5 heteroatoms. The fraction of sp³-hybridized carbons (Fsp3) is 0.692. The van der Waals surface area contributed by atoms with Gasteiger partial charge in [0, 0.05) is 13.0 Å². The van der Waals surface area contributed by atoms with Crippen LogP contribution in [0.4, 0.5) is 0 Å². The van der Waals surface area contributed by atoms with Crippen molar-refractivity contribution < 1.29 is 4.74 Å². The van der Waals surface area contributed by atoms with E-state index in [0.717, 1.165) is 19.4 Å². The van der Waals surface area contributed by atoms with E-state index in [1.54, 1.807) is 7.11 Å². The van der Waals surface area contributed by atoms with Crippen LogP contribution in [0.2, 0.25) is 0 Å². The van der Waals surface area contributed by atoms with Gasteiger partial charge in [0.25, 0.3) is 0 Å². The SMILES string of the molecule is CCC1=CC(N)=C(OC)NC1(CCN(C)C)NC. The molecular formula is C13H26N4O. The molecule has 5 nitrogen and oxygen atoms in total. The Morgan fingerprint density at radius 2 is 2.17 bits per heavy atom. The number of nitrogens with one attached hydrogen (secondary N) is 2. The summed E-state index contributed by atoms with van der Waals surface area (Å²) in [6.07, 6.45) is 3.90. The summed E-state index contributed by atoms with van der Waals surface area (Å²) < 4.78 is 5.31. The number of hydrogen-bond acceptors (Lipinski definition) is 5. The van der Waals surface area contributed by atoms with Crippen molar-refractivity contribution in [1.29, 1.82) is 0 Å². The van der Waals surface area contributed by atoms with Crippen molar-refractivity contribution >= 4 is 0 Å². The van der Waals surface area contributed by atoms with Gasteiger partial charge in [-0.2, -0.15) is 0 Å². The molecule has 0 fully saturated rings. The van der Waals surface area contributed by atoms with E-state index < -0.39 is 0 Å². The predicted molar refractivity (Wildman–Crippen MR) is 74.7 cm³/mol. The molecule has 0 saturated carbocycles. The molecule has 4 N–H and O–H groups in total. The van der Waals surface area contributed by atoms with Gasteiger partial charge >= 0.3 is 0 Å². The van der Waals surface area contributed by atoms with E-state index in [4.69, 9.17) is 10.5 Å². The molecule has 1 heterocycles. The number of rotatable bonds is 6. The molecule has 0 bridgehead atoms. The molecule has 0 spiro atoms. The molecule has 0 saturated heterocycles. The molecule has 18 heavy (non-hydrogen) atoms. The van der Waals surface area contributed by atoms with Crippen molar-refractivity contribution in [3.05, 3.63) is 23.2 Å². The zero-order chi connectivity index (χ0) is 13.8. The van der Waals surface area contributed by atoms with Crippen LogP contribution in [-0.2, 0) is 4.74 Å². The summed E-state index contributed by atoms with van der Waals surface area (Å²) in [5.41, 5.74) is 7.61. The van der Waals surface area contributed by atoms with Crippen LogP contribution >= 0.6 is 0 Å². The zero-order valence-electron chi connectivity index (χ0n) is 12.1. The van der Waals surface area contributed by atoms with E-state index in [9.17, 15) is 0 Å². The lowest BCUT2D eigenvalue weighted by atomic mass is 9.90. The highest BCUT2D eigenvalue weighted by Crippen LogP contribution is 2.28. The zero-order valence-corrected chi connectivity index (χ0v) is 12.1. The van der Waals surface area contributed by atoms with Crippen molar-refractivity contribution in [3.8, 4) is 0 Å². The second-order valence-electron chi connectivity index (χ2n) is 4.85. The van der Waals surface area contributed by atoms with Crippen LogP contribution in [0.1, 0.15) is 19.8 Å². The topological polar surface area (TPSA) is 62.6 Å². The Kier molecular flexibility index (Phi) is 5.04. The largest absolute Gasteiger partial charge is 0.481 e.